The van der Waals surface area contributed by atoms with Gasteiger partial charge in [0.2, 0.25) is 17.8 Å². The minimum Gasteiger partial charge on any atom is -0.354 e. The lowest BCUT2D eigenvalue weighted by molar-refractivity contribution is 0.601. The summed E-state index contributed by atoms with van der Waals surface area (Å²) in [4.78, 5) is 16.0. The highest BCUT2D eigenvalue weighted by atomic mass is 15.3. The third kappa shape index (κ3) is 3.54. The van der Waals surface area contributed by atoms with Gasteiger partial charge in [-0.1, -0.05) is 6.92 Å². The second-order valence-electron chi connectivity index (χ2n) is 6.27. The number of hydrogen-bond acceptors (Lipinski definition) is 6. The van der Waals surface area contributed by atoms with E-state index >= 15 is 0 Å². The van der Waals surface area contributed by atoms with E-state index in [1.165, 1.54) is 32.1 Å². The Morgan fingerprint density at radius 2 is 1.86 bits per heavy atom. The summed E-state index contributed by atoms with van der Waals surface area (Å²) in [5.74, 6) is 3.02. The highest BCUT2D eigenvalue weighted by Crippen LogP contribution is 2.27. The lowest BCUT2D eigenvalue weighted by Crippen LogP contribution is -2.24. The summed E-state index contributed by atoms with van der Waals surface area (Å²) >= 11 is 0. The van der Waals surface area contributed by atoms with Gasteiger partial charge in [0.15, 0.2) is 0 Å². The van der Waals surface area contributed by atoms with Crippen molar-refractivity contribution in [3.8, 4) is 0 Å². The number of hydrogen-bond donors (Lipinski definition) is 2. The maximum absolute atomic E-state index is 4.64. The molecule has 21 heavy (non-hydrogen) atoms. The molecule has 2 unspecified atom stereocenters. The van der Waals surface area contributed by atoms with Gasteiger partial charge in [-0.15, -0.1) is 0 Å². The van der Waals surface area contributed by atoms with Crippen LogP contribution in [0.1, 0.15) is 46.0 Å². The van der Waals surface area contributed by atoms with Crippen molar-refractivity contribution in [1.82, 2.24) is 15.0 Å². The van der Waals surface area contributed by atoms with Crippen molar-refractivity contribution < 1.29 is 0 Å². The number of anilines is 3. The molecule has 2 atom stereocenters. The molecule has 0 aromatic carbocycles. The molecule has 6 nitrogen and oxygen atoms in total. The van der Waals surface area contributed by atoms with E-state index in [1.807, 2.05) is 0 Å². The quantitative estimate of drug-likeness (QED) is 0.868. The van der Waals surface area contributed by atoms with E-state index < -0.39 is 0 Å². The van der Waals surface area contributed by atoms with E-state index in [4.69, 9.17) is 0 Å². The van der Waals surface area contributed by atoms with Crippen molar-refractivity contribution in [2.24, 2.45) is 5.92 Å². The number of nitrogens with zero attached hydrogens (tertiary/aromatic N) is 4. The first kappa shape index (κ1) is 14.4. The van der Waals surface area contributed by atoms with Gasteiger partial charge in [0.25, 0.3) is 0 Å². The first-order valence-electron chi connectivity index (χ1n) is 8.26. The average molecular weight is 290 g/mol. The predicted octanol–water partition coefficient (Wildman–Crippen LogP) is 2.50. The molecule has 2 N–H and O–H groups in total. The van der Waals surface area contributed by atoms with Crippen molar-refractivity contribution in [3.05, 3.63) is 0 Å². The van der Waals surface area contributed by atoms with Crippen LogP contribution >= 0.6 is 0 Å². The highest BCUT2D eigenvalue weighted by molar-refractivity contribution is 5.44. The minimum atomic E-state index is 0.503. The molecule has 0 spiro atoms. The molecule has 0 amide bonds. The summed E-state index contributed by atoms with van der Waals surface area (Å²) in [6, 6.07) is 0.503. The molecule has 1 saturated carbocycles. The summed E-state index contributed by atoms with van der Waals surface area (Å²) in [5.41, 5.74) is 0. The van der Waals surface area contributed by atoms with Crippen LogP contribution in [0.2, 0.25) is 0 Å². The van der Waals surface area contributed by atoms with E-state index in [-0.39, 0.29) is 0 Å². The topological polar surface area (TPSA) is 66.0 Å². The summed E-state index contributed by atoms with van der Waals surface area (Å²) in [6.07, 6.45) is 6.17. The van der Waals surface area contributed by atoms with Crippen molar-refractivity contribution in [3.63, 3.8) is 0 Å². The Bertz CT molecular complexity index is 471. The van der Waals surface area contributed by atoms with E-state index in [9.17, 15) is 0 Å². The van der Waals surface area contributed by atoms with Gasteiger partial charge in [0.1, 0.15) is 0 Å². The van der Waals surface area contributed by atoms with E-state index in [1.54, 1.807) is 0 Å². The lowest BCUT2D eigenvalue weighted by Gasteiger charge is -2.18. The van der Waals surface area contributed by atoms with Crippen LogP contribution in [0.5, 0.6) is 0 Å². The van der Waals surface area contributed by atoms with Gasteiger partial charge in [-0.2, -0.15) is 15.0 Å². The first-order chi connectivity index (χ1) is 10.2. The van der Waals surface area contributed by atoms with Gasteiger partial charge < -0.3 is 15.5 Å². The van der Waals surface area contributed by atoms with Gasteiger partial charge in [0, 0.05) is 25.7 Å². The maximum atomic E-state index is 4.64. The lowest BCUT2D eigenvalue weighted by atomic mass is 10.1. The number of nitrogens with one attached hydrogen (secondary N) is 2. The van der Waals surface area contributed by atoms with E-state index in [2.05, 4.69) is 44.3 Å². The molecule has 2 aliphatic rings. The Balaban J connectivity index is 1.77. The standard InChI is InChI=1S/C15H26N6/c1-3-16-13-18-14(17-12-7-6-11(2)10-12)20-15(19-13)21-8-4-5-9-21/h11-12H,3-10H2,1-2H3,(H2,16,17,18,19,20). The van der Waals surface area contributed by atoms with E-state index in [0.717, 1.165) is 37.4 Å². The molecule has 3 rings (SSSR count). The molecule has 6 heteroatoms. The van der Waals surface area contributed by atoms with Crippen LogP contribution < -0.4 is 15.5 Å². The number of aromatic nitrogens is 3. The molecule has 1 aromatic heterocycles. The molecule has 116 valence electrons. The van der Waals surface area contributed by atoms with Crippen LogP contribution in [0.15, 0.2) is 0 Å². The van der Waals surface area contributed by atoms with Gasteiger partial charge in [-0.25, -0.2) is 0 Å². The molecule has 1 aliphatic carbocycles. The predicted molar refractivity (Wildman–Crippen MR) is 85.9 cm³/mol. The smallest absolute Gasteiger partial charge is 0.231 e. The van der Waals surface area contributed by atoms with Crippen LogP contribution in [0.25, 0.3) is 0 Å². The van der Waals surface area contributed by atoms with Crippen LogP contribution in [-0.2, 0) is 0 Å². The van der Waals surface area contributed by atoms with Gasteiger partial charge >= 0.3 is 0 Å². The summed E-state index contributed by atoms with van der Waals surface area (Å²) in [7, 11) is 0. The van der Waals surface area contributed by atoms with Crippen LogP contribution in [0, 0.1) is 5.92 Å². The Morgan fingerprint density at radius 1 is 1.10 bits per heavy atom. The second-order valence-corrected chi connectivity index (χ2v) is 6.27. The largest absolute Gasteiger partial charge is 0.354 e. The zero-order valence-corrected chi connectivity index (χ0v) is 13.1. The fraction of sp³-hybridized carbons (Fsp3) is 0.800. The van der Waals surface area contributed by atoms with Crippen molar-refractivity contribution in [1.29, 1.82) is 0 Å². The van der Waals surface area contributed by atoms with Gasteiger partial charge in [-0.05, 0) is 44.9 Å². The third-order valence-corrected chi connectivity index (χ3v) is 4.38. The minimum absolute atomic E-state index is 0.503. The van der Waals surface area contributed by atoms with Crippen LogP contribution in [-0.4, -0.2) is 40.6 Å². The molecule has 1 aromatic rings. The van der Waals surface area contributed by atoms with Crippen molar-refractivity contribution in [2.75, 3.05) is 35.2 Å². The molecule has 0 bridgehead atoms. The average Bonchev–Trinajstić information content (AvgIpc) is 3.11. The fourth-order valence-electron chi connectivity index (χ4n) is 3.25. The Kier molecular flexibility index (Phi) is 4.41. The van der Waals surface area contributed by atoms with Crippen LogP contribution in [0.4, 0.5) is 17.8 Å². The molecule has 2 heterocycles. The van der Waals surface area contributed by atoms with Crippen molar-refractivity contribution in [2.45, 2.75) is 52.0 Å². The summed E-state index contributed by atoms with van der Waals surface area (Å²) < 4.78 is 0. The normalized spacial score (nSPS) is 25.3. The van der Waals surface area contributed by atoms with Crippen LogP contribution in [0.3, 0.4) is 0 Å². The molecular weight excluding hydrogens is 264 g/mol. The fourth-order valence-corrected chi connectivity index (χ4v) is 3.25. The number of rotatable bonds is 5. The van der Waals surface area contributed by atoms with Gasteiger partial charge in [-0.3, -0.25) is 0 Å². The highest BCUT2D eigenvalue weighted by Gasteiger charge is 2.23. The SMILES string of the molecule is CCNc1nc(NC2CCC(C)C2)nc(N2CCCC2)n1. The summed E-state index contributed by atoms with van der Waals surface area (Å²) in [5, 5.41) is 6.72. The molecule has 1 aliphatic heterocycles. The Morgan fingerprint density at radius 3 is 2.52 bits per heavy atom. The Labute approximate surface area is 126 Å². The zero-order chi connectivity index (χ0) is 14.7. The summed E-state index contributed by atoms with van der Waals surface area (Å²) in [6.45, 7) is 7.30. The molecular formula is C15H26N6. The van der Waals surface area contributed by atoms with Crippen molar-refractivity contribution >= 4 is 17.8 Å². The zero-order valence-electron chi connectivity index (χ0n) is 13.1. The Hall–Kier alpha value is -1.59. The molecule has 1 saturated heterocycles. The van der Waals surface area contributed by atoms with E-state index in [0.29, 0.717) is 12.0 Å². The second kappa shape index (κ2) is 6.45. The molecule has 0 radical (unpaired) electrons. The van der Waals surface area contributed by atoms with Gasteiger partial charge in [0.05, 0.1) is 0 Å². The monoisotopic (exact) mass is 290 g/mol. The maximum Gasteiger partial charge on any atom is 0.231 e. The molecule has 2 fully saturated rings. The third-order valence-electron chi connectivity index (χ3n) is 4.38. The first-order valence-corrected chi connectivity index (χ1v) is 8.26.